The molecule has 0 radical (unpaired) electrons. The van der Waals surface area contributed by atoms with Crippen LogP contribution in [0.4, 0.5) is 0 Å². The Morgan fingerprint density at radius 3 is 2.56 bits per heavy atom. The summed E-state index contributed by atoms with van der Waals surface area (Å²) in [7, 11) is 1.92. The van der Waals surface area contributed by atoms with Crippen molar-refractivity contribution in [2.45, 2.75) is 19.9 Å². The van der Waals surface area contributed by atoms with Crippen LogP contribution < -0.4 is 5.32 Å². The number of hydrogen-bond donors (Lipinski definition) is 1. The first-order valence-corrected chi connectivity index (χ1v) is 6.54. The lowest BCUT2D eigenvalue weighted by Gasteiger charge is -2.13. The fourth-order valence-electron chi connectivity index (χ4n) is 1.69. The highest BCUT2D eigenvalue weighted by molar-refractivity contribution is 9.10. The molecule has 2 aromatic rings. The highest BCUT2D eigenvalue weighted by atomic mass is 79.9. The first-order valence-electron chi connectivity index (χ1n) is 5.74. The Bertz CT molecular complexity index is 539. The highest BCUT2D eigenvalue weighted by Crippen LogP contribution is 2.19. The van der Waals surface area contributed by atoms with Crippen LogP contribution in [-0.2, 0) is 0 Å². The van der Waals surface area contributed by atoms with E-state index in [0.29, 0.717) is 5.82 Å². The Balaban J connectivity index is 2.37. The molecule has 94 valence electrons. The number of hydrogen-bond acceptors (Lipinski definition) is 4. The Kier molecular flexibility index (Phi) is 4.04. The summed E-state index contributed by atoms with van der Waals surface area (Å²) in [4.78, 5) is 13.2. The second-order valence-electron chi connectivity index (χ2n) is 4.11. The normalized spacial score (nSPS) is 12.4. The van der Waals surface area contributed by atoms with Crippen LogP contribution >= 0.6 is 15.9 Å². The predicted octanol–water partition coefficient (Wildman–Crippen LogP) is 2.89. The molecule has 1 atom stereocenters. The Labute approximate surface area is 115 Å². The van der Waals surface area contributed by atoms with Crippen LogP contribution in [-0.4, -0.2) is 22.0 Å². The molecule has 5 heteroatoms. The molecule has 1 unspecified atom stereocenters. The van der Waals surface area contributed by atoms with Crippen LogP contribution in [0.3, 0.4) is 0 Å². The molecule has 2 heterocycles. The van der Waals surface area contributed by atoms with Crippen molar-refractivity contribution in [3.05, 3.63) is 40.3 Å². The summed E-state index contributed by atoms with van der Waals surface area (Å²) >= 11 is 3.36. The number of aryl methyl sites for hydroxylation is 1. The molecular formula is C13H15BrN4. The van der Waals surface area contributed by atoms with Crippen molar-refractivity contribution >= 4 is 15.9 Å². The lowest BCUT2D eigenvalue weighted by Crippen LogP contribution is -2.15. The van der Waals surface area contributed by atoms with E-state index in [0.717, 1.165) is 21.4 Å². The van der Waals surface area contributed by atoms with Gasteiger partial charge in [0.05, 0.1) is 0 Å². The Morgan fingerprint density at radius 2 is 2.00 bits per heavy atom. The molecule has 18 heavy (non-hydrogen) atoms. The molecule has 0 aromatic carbocycles. The van der Waals surface area contributed by atoms with Crippen molar-refractivity contribution in [2.75, 3.05) is 7.05 Å². The maximum absolute atomic E-state index is 4.51. The average molecular weight is 307 g/mol. The third-order valence-corrected chi connectivity index (χ3v) is 3.34. The second kappa shape index (κ2) is 5.54. The van der Waals surface area contributed by atoms with Crippen molar-refractivity contribution in [2.24, 2.45) is 0 Å². The fraction of sp³-hybridized carbons (Fsp3) is 0.308. The average Bonchev–Trinajstić information content (AvgIpc) is 2.38. The van der Waals surface area contributed by atoms with Crippen LogP contribution in [0.25, 0.3) is 11.5 Å². The molecule has 0 saturated heterocycles. The van der Waals surface area contributed by atoms with Gasteiger partial charge in [-0.1, -0.05) is 0 Å². The van der Waals surface area contributed by atoms with Gasteiger partial charge in [0, 0.05) is 34.2 Å². The minimum absolute atomic E-state index is 0.247. The molecule has 0 fully saturated rings. The maximum Gasteiger partial charge on any atom is 0.178 e. The van der Waals surface area contributed by atoms with E-state index in [-0.39, 0.29) is 6.04 Å². The van der Waals surface area contributed by atoms with Gasteiger partial charge >= 0.3 is 0 Å². The van der Waals surface area contributed by atoms with E-state index < -0.39 is 0 Å². The van der Waals surface area contributed by atoms with Gasteiger partial charge in [-0.15, -0.1) is 0 Å². The summed E-state index contributed by atoms with van der Waals surface area (Å²) in [5.74, 6) is 0.659. The van der Waals surface area contributed by atoms with Crippen LogP contribution in [0, 0.1) is 6.92 Å². The standard InChI is InChI=1S/C13H15BrN4/c1-8(15-3)11-7-17-13(18-9(11)2)12-5-4-10(14)6-16-12/h4-8,15H,1-3H3. The zero-order valence-corrected chi connectivity index (χ0v) is 12.2. The predicted molar refractivity (Wildman–Crippen MR) is 75.2 cm³/mol. The molecule has 4 nitrogen and oxygen atoms in total. The Hall–Kier alpha value is -1.33. The van der Waals surface area contributed by atoms with Gasteiger partial charge in [-0.2, -0.15) is 0 Å². The van der Waals surface area contributed by atoms with E-state index in [1.165, 1.54) is 0 Å². The van der Waals surface area contributed by atoms with Gasteiger partial charge in [0.25, 0.3) is 0 Å². The monoisotopic (exact) mass is 306 g/mol. The van der Waals surface area contributed by atoms with E-state index in [1.807, 2.05) is 32.3 Å². The fourth-order valence-corrected chi connectivity index (χ4v) is 1.92. The zero-order chi connectivity index (χ0) is 13.1. The summed E-state index contributed by atoms with van der Waals surface area (Å²) in [6.07, 6.45) is 3.61. The number of nitrogens with zero attached hydrogens (tertiary/aromatic N) is 3. The molecule has 0 saturated carbocycles. The van der Waals surface area contributed by atoms with E-state index in [4.69, 9.17) is 0 Å². The van der Waals surface area contributed by atoms with Gasteiger partial charge in [-0.25, -0.2) is 9.97 Å². The van der Waals surface area contributed by atoms with Crippen LogP contribution in [0.2, 0.25) is 0 Å². The molecular weight excluding hydrogens is 292 g/mol. The van der Waals surface area contributed by atoms with Crippen LogP contribution in [0.15, 0.2) is 29.0 Å². The Morgan fingerprint density at radius 1 is 1.22 bits per heavy atom. The van der Waals surface area contributed by atoms with Crippen LogP contribution in [0.5, 0.6) is 0 Å². The van der Waals surface area contributed by atoms with Gasteiger partial charge in [0.2, 0.25) is 0 Å². The summed E-state index contributed by atoms with van der Waals surface area (Å²) < 4.78 is 0.948. The molecule has 0 aliphatic heterocycles. The SMILES string of the molecule is CNC(C)c1cnc(-c2ccc(Br)cn2)nc1C. The summed E-state index contributed by atoms with van der Waals surface area (Å²) in [5.41, 5.74) is 2.87. The summed E-state index contributed by atoms with van der Waals surface area (Å²) in [6, 6.07) is 4.09. The zero-order valence-electron chi connectivity index (χ0n) is 10.6. The van der Waals surface area contributed by atoms with Gasteiger partial charge in [0.1, 0.15) is 5.69 Å². The topological polar surface area (TPSA) is 50.7 Å². The lowest BCUT2D eigenvalue weighted by atomic mass is 10.1. The van der Waals surface area contributed by atoms with Crippen molar-refractivity contribution < 1.29 is 0 Å². The van der Waals surface area contributed by atoms with Crippen molar-refractivity contribution in [3.63, 3.8) is 0 Å². The molecule has 2 rings (SSSR count). The van der Waals surface area contributed by atoms with E-state index in [1.54, 1.807) is 6.20 Å². The van der Waals surface area contributed by atoms with Crippen LogP contribution in [0.1, 0.15) is 24.2 Å². The summed E-state index contributed by atoms with van der Waals surface area (Å²) in [5, 5.41) is 3.19. The van der Waals surface area contributed by atoms with Crippen molar-refractivity contribution in [1.29, 1.82) is 0 Å². The molecule has 0 aliphatic rings. The quantitative estimate of drug-likeness (QED) is 0.947. The molecule has 0 aliphatic carbocycles. The summed E-state index contributed by atoms with van der Waals surface area (Å²) in [6.45, 7) is 4.08. The molecule has 0 amide bonds. The van der Waals surface area contributed by atoms with Gasteiger partial charge in [-0.05, 0) is 49.0 Å². The molecule has 0 spiro atoms. The minimum atomic E-state index is 0.247. The maximum atomic E-state index is 4.51. The van der Waals surface area contributed by atoms with Gasteiger partial charge in [-0.3, -0.25) is 4.98 Å². The first-order chi connectivity index (χ1) is 8.61. The molecule has 0 bridgehead atoms. The van der Waals surface area contributed by atoms with Gasteiger partial charge in [0.15, 0.2) is 5.82 Å². The smallest absolute Gasteiger partial charge is 0.178 e. The largest absolute Gasteiger partial charge is 0.313 e. The number of rotatable bonds is 3. The van der Waals surface area contributed by atoms with E-state index in [9.17, 15) is 0 Å². The second-order valence-corrected chi connectivity index (χ2v) is 5.02. The number of halogens is 1. The number of aromatic nitrogens is 3. The first kappa shape index (κ1) is 13.1. The van der Waals surface area contributed by atoms with Gasteiger partial charge < -0.3 is 5.32 Å². The van der Waals surface area contributed by atoms with Crippen molar-refractivity contribution in [1.82, 2.24) is 20.3 Å². The lowest BCUT2D eigenvalue weighted by molar-refractivity contribution is 0.641. The minimum Gasteiger partial charge on any atom is -0.313 e. The third-order valence-electron chi connectivity index (χ3n) is 2.87. The molecule has 2 aromatic heterocycles. The highest BCUT2D eigenvalue weighted by Gasteiger charge is 2.10. The molecule has 1 N–H and O–H groups in total. The van der Waals surface area contributed by atoms with Crippen molar-refractivity contribution in [3.8, 4) is 11.5 Å². The van der Waals surface area contributed by atoms with E-state index in [2.05, 4.69) is 43.1 Å². The number of nitrogens with one attached hydrogen (secondary N) is 1. The van der Waals surface area contributed by atoms with E-state index >= 15 is 0 Å². The number of pyridine rings is 1. The third kappa shape index (κ3) is 2.73.